The van der Waals surface area contributed by atoms with Crippen LogP contribution in [0.1, 0.15) is 45.4 Å². The van der Waals surface area contributed by atoms with Crippen LogP contribution < -0.4 is 10.6 Å². The van der Waals surface area contributed by atoms with E-state index in [0.717, 1.165) is 18.7 Å². The van der Waals surface area contributed by atoms with Gasteiger partial charge in [-0.3, -0.25) is 4.79 Å². The average molecular weight is 262 g/mol. The van der Waals surface area contributed by atoms with E-state index in [2.05, 4.69) is 17.6 Å². The first-order chi connectivity index (χ1) is 9.33. The highest BCUT2D eigenvalue weighted by molar-refractivity contribution is 5.80. The Morgan fingerprint density at radius 3 is 2.42 bits per heavy atom. The molecule has 0 fully saturated rings. The lowest BCUT2D eigenvalue weighted by molar-refractivity contribution is -0.119. The summed E-state index contributed by atoms with van der Waals surface area (Å²) in [5, 5.41) is 6.04. The average Bonchev–Trinajstić information content (AvgIpc) is 2.45. The molecule has 2 N–H and O–H groups in total. The molecule has 0 aliphatic carbocycles. The van der Waals surface area contributed by atoms with Gasteiger partial charge < -0.3 is 10.6 Å². The summed E-state index contributed by atoms with van der Waals surface area (Å²) in [4.78, 5) is 11.6. The lowest BCUT2D eigenvalue weighted by Gasteiger charge is -2.07. The molecule has 0 spiro atoms. The summed E-state index contributed by atoms with van der Waals surface area (Å²) in [7, 11) is 0. The van der Waals surface area contributed by atoms with E-state index in [1.165, 1.54) is 32.1 Å². The Labute approximate surface area is 116 Å². The lowest BCUT2D eigenvalue weighted by Crippen LogP contribution is -2.30. The van der Waals surface area contributed by atoms with Crippen LogP contribution in [0.2, 0.25) is 0 Å². The van der Waals surface area contributed by atoms with Crippen LogP contribution in [0.3, 0.4) is 0 Å². The van der Waals surface area contributed by atoms with Gasteiger partial charge in [-0.05, 0) is 18.6 Å². The van der Waals surface area contributed by atoms with E-state index < -0.39 is 0 Å². The summed E-state index contributed by atoms with van der Waals surface area (Å²) in [5.41, 5.74) is 0.984. The van der Waals surface area contributed by atoms with Crippen molar-refractivity contribution in [3.8, 4) is 0 Å². The maximum Gasteiger partial charge on any atom is 0.239 e. The van der Waals surface area contributed by atoms with E-state index >= 15 is 0 Å². The molecule has 3 nitrogen and oxygen atoms in total. The van der Waals surface area contributed by atoms with E-state index in [1.54, 1.807) is 0 Å². The first-order valence-electron chi connectivity index (χ1n) is 7.38. The van der Waals surface area contributed by atoms with E-state index in [-0.39, 0.29) is 5.91 Å². The highest BCUT2D eigenvalue weighted by Gasteiger charge is 1.99. The zero-order valence-electron chi connectivity index (χ0n) is 12.0. The molecular weight excluding hydrogens is 236 g/mol. The molecule has 0 atom stereocenters. The van der Waals surface area contributed by atoms with Crippen LogP contribution in [0, 0.1) is 0 Å². The minimum atomic E-state index is 0.0670. The zero-order chi connectivity index (χ0) is 13.8. The molecule has 0 aliphatic heterocycles. The van der Waals surface area contributed by atoms with Gasteiger partial charge in [-0.2, -0.15) is 0 Å². The molecule has 0 radical (unpaired) electrons. The zero-order valence-corrected chi connectivity index (χ0v) is 12.0. The molecule has 0 aliphatic rings. The molecule has 0 saturated carbocycles. The second-order valence-corrected chi connectivity index (χ2v) is 4.84. The minimum Gasteiger partial charge on any atom is -0.376 e. The molecule has 19 heavy (non-hydrogen) atoms. The number of rotatable bonds is 10. The molecular formula is C16H26N2O. The third kappa shape index (κ3) is 8.25. The third-order valence-electron chi connectivity index (χ3n) is 3.08. The Bertz CT molecular complexity index is 338. The summed E-state index contributed by atoms with van der Waals surface area (Å²) in [5.74, 6) is 0.0670. The topological polar surface area (TPSA) is 41.1 Å². The number of hydrogen-bond donors (Lipinski definition) is 2. The Morgan fingerprint density at radius 2 is 1.68 bits per heavy atom. The Balaban J connectivity index is 1.96. The van der Waals surface area contributed by atoms with Gasteiger partial charge in [0, 0.05) is 12.2 Å². The van der Waals surface area contributed by atoms with Gasteiger partial charge in [-0.15, -0.1) is 0 Å². The van der Waals surface area contributed by atoms with Gasteiger partial charge in [0.2, 0.25) is 5.91 Å². The number of carbonyl (C=O) groups is 1. The van der Waals surface area contributed by atoms with Crippen molar-refractivity contribution in [3.63, 3.8) is 0 Å². The van der Waals surface area contributed by atoms with Crippen LogP contribution in [0.4, 0.5) is 5.69 Å². The summed E-state index contributed by atoms with van der Waals surface area (Å²) >= 11 is 0. The number of amides is 1. The van der Waals surface area contributed by atoms with E-state index in [4.69, 9.17) is 0 Å². The SMILES string of the molecule is CCCCCCCCNC(=O)CNc1ccccc1. The van der Waals surface area contributed by atoms with Crippen molar-refractivity contribution in [2.24, 2.45) is 0 Å². The number of nitrogens with one attached hydrogen (secondary N) is 2. The van der Waals surface area contributed by atoms with Gasteiger partial charge in [-0.25, -0.2) is 0 Å². The maximum atomic E-state index is 11.6. The summed E-state index contributed by atoms with van der Waals surface area (Å²) in [6.07, 6.45) is 7.51. The third-order valence-corrected chi connectivity index (χ3v) is 3.08. The first-order valence-corrected chi connectivity index (χ1v) is 7.38. The molecule has 0 aromatic heterocycles. The fourth-order valence-electron chi connectivity index (χ4n) is 1.93. The normalized spacial score (nSPS) is 10.2. The molecule has 0 bridgehead atoms. The number of unbranched alkanes of at least 4 members (excludes halogenated alkanes) is 5. The van der Waals surface area contributed by atoms with E-state index in [0.29, 0.717) is 6.54 Å². The fourth-order valence-corrected chi connectivity index (χ4v) is 1.93. The van der Waals surface area contributed by atoms with E-state index in [1.807, 2.05) is 30.3 Å². The van der Waals surface area contributed by atoms with Crippen LogP contribution in [0.5, 0.6) is 0 Å². The number of para-hydroxylation sites is 1. The number of hydrogen-bond acceptors (Lipinski definition) is 2. The monoisotopic (exact) mass is 262 g/mol. The molecule has 1 aromatic rings. The first kappa shape index (κ1) is 15.5. The molecule has 106 valence electrons. The summed E-state index contributed by atoms with van der Waals surface area (Å²) in [6, 6.07) is 9.79. The van der Waals surface area contributed by atoms with Crippen molar-refractivity contribution in [1.29, 1.82) is 0 Å². The maximum absolute atomic E-state index is 11.6. The molecule has 1 aromatic carbocycles. The van der Waals surface area contributed by atoms with Gasteiger partial charge in [0.25, 0.3) is 0 Å². The minimum absolute atomic E-state index is 0.0670. The molecule has 1 rings (SSSR count). The summed E-state index contributed by atoms with van der Waals surface area (Å²) < 4.78 is 0. The fraction of sp³-hybridized carbons (Fsp3) is 0.562. The number of benzene rings is 1. The van der Waals surface area contributed by atoms with Crippen molar-refractivity contribution in [2.45, 2.75) is 45.4 Å². The second kappa shape index (κ2) is 10.4. The standard InChI is InChI=1S/C16H26N2O/c1-2-3-4-5-6-10-13-17-16(19)14-18-15-11-8-7-9-12-15/h7-9,11-12,18H,2-6,10,13-14H2,1H3,(H,17,19). The largest absolute Gasteiger partial charge is 0.376 e. The number of anilines is 1. The van der Waals surface area contributed by atoms with Crippen LogP contribution >= 0.6 is 0 Å². The highest BCUT2D eigenvalue weighted by Crippen LogP contribution is 2.05. The molecule has 0 saturated heterocycles. The lowest BCUT2D eigenvalue weighted by atomic mass is 10.1. The van der Waals surface area contributed by atoms with Crippen LogP contribution in [-0.4, -0.2) is 19.0 Å². The van der Waals surface area contributed by atoms with Crippen molar-refractivity contribution in [2.75, 3.05) is 18.4 Å². The van der Waals surface area contributed by atoms with Crippen molar-refractivity contribution >= 4 is 11.6 Å². The van der Waals surface area contributed by atoms with Gasteiger partial charge in [0.15, 0.2) is 0 Å². The molecule has 0 heterocycles. The van der Waals surface area contributed by atoms with Gasteiger partial charge in [-0.1, -0.05) is 57.2 Å². The quantitative estimate of drug-likeness (QED) is 0.633. The molecule has 1 amide bonds. The Hall–Kier alpha value is -1.51. The van der Waals surface area contributed by atoms with Crippen LogP contribution in [0.15, 0.2) is 30.3 Å². The predicted octanol–water partition coefficient (Wildman–Crippen LogP) is 3.58. The van der Waals surface area contributed by atoms with Gasteiger partial charge in [0.1, 0.15) is 0 Å². The second-order valence-electron chi connectivity index (χ2n) is 4.84. The van der Waals surface area contributed by atoms with Crippen molar-refractivity contribution in [3.05, 3.63) is 30.3 Å². The summed E-state index contributed by atoms with van der Waals surface area (Å²) in [6.45, 7) is 3.36. The van der Waals surface area contributed by atoms with E-state index in [9.17, 15) is 4.79 Å². The molecule has 0 unspecified atom stereocenters. The smallest absolute Gasteiger partial charge is 0.239 e. The van der Waals surface area contributed by atoms with Gasteiger partial charge in [0.05, 0.1) is 6.54 Å². The van der Waals surface area contributed by atoms with Crippen LogP contribution in [-0.2, 0) is 4.79 Å². The Morgan fingerprint density at radius 1 is 1.00 bits per heavy atom. The highest BCUT2D eigenvalue weighted by atomic mass is 16.1. The molecule has 3 heteroatoms. The van der Waals surface area contributed by atoms with Crippen molar-refractivity contribution < 1.29 is 4.79 Å². The number of carbonyl (C=O) groups excluding carboxylic acids is 1. The van der Waals surface area contributed by atoms with Crippen LogP contribution in [0.25, 0.3) is 0 Å². The van der Waals surface area contributed by atoms with Crippen molar-refractivity contribution in [1.82, 2.24) is 5.32 Å². The predicted molar refractivity (Wildman–Crippen MR) is 81.3 cm³/mol. The van der Waals surface area contributed by atoms with Gasteiger partial charge >= 0.3 is 0 Å². The Kier molecular flexibility index (Phi) is 8.52.